The van der Waals surface area contributed by atoms with E-state index in [9.17, 15) is 8.42 Å². The number of sulfonamides is 1. The van der Waals surface area contributed by atoms with Gasteiger partial charge in [0.2, 0.25) is 10.0 Å². The fourth-order valence-corrected chi connectivity index (χ4v) is 3.40. The largest absolute Gasteiger partial charge is 0.378 e. The summed E-state index contributed by atoms with van der Waals surface area (Å²) in [7, 11) is -3.50. The molecule has 0 spiro atoms. The van der Waals surface area contributed by atoms with Gasteiger partial charge in [-0.15, -0.1) is 0 Å². The smallest absolute Gasteiger partial charge is 0.209 e. The lowest BCUT2D eigenvalue weighted by atomic mass is 10.0. The molecule has 0 aromatic heterocycles. The van der Waals surface area contributed by atoms with Gasteiger partial charge in [0.1, 0.15) is 0 Å². The summed E-state index contributed by atoms with van der Waals surface area (Å²) in [6.45, 7) is 0.422. The molecule has 2 N–H and O–H groups in total. The van der Waals surface area contributed by atoms with Gasteiger partial charge in [-0.2, -0.15) is 0 Å². The van der Waals surface area contributed by atoms with Crippen LogP contribution in [0.25, 0.3) is 0 Å². The maximum Gasteiger partial charge on any atom is 0.209 e. The third kappa shape index (κ3) is 4.93. The molecule has 0 heterocycles. The molecule has 0 aliphatic heterocycles. The lowest BCUT2D eigenvalue weighted by molar-refractivity contribution is 0.0510. The van der Waals surface area contributed by atoms with Crippen molar-refractivity contribution in [3.05, 3.63) is 35.9 Å². The molecule has 106 valence electrons. The molecule has 4 nitrogen and oxygen atoms in total. The van der Waals surface area contributed by atoms with Crippen LogP contribution in [0.1, 0.15) is 37.2 Å². The molecule has 19 heavy (non-hydrogen) atoms. The summed E-state index contributed by atoms with van der Waals surface area (Å²) >= 11 is 0. The summed E-state index contributed by atoms with van der Waals surface area (Å²) in [5.41, 5.74) is 0.967. The lowest BCUT2D eigenvalue weighted by Gasteiger charge is -2.19. The average Bonchev–Trinajstić information content (AvgIpc) is 2.87. The molecule has 0 bridgehead atoms. The van der Waals surface area contributed by atoms with Gasteiger partial charge in [-0.25, -0.2) is 13.6 Å². The standard InChI is InChI=1S/C14H21NO3S/c15-19(16,17)11-13(12-6-2-1-3-7-12)10-18-14-8-4-5-9-14/h1-3,6-7,13-14H,4-5,8-11H2,(H2,15,16,17). The SMILES string of the molecule is NS(=O)(=O)CC(COC1CCCC1)c1ccccc1. The molecule has 1 aliphatic carbocycles. The van der Waals surface area contributed by atoms with Gasteiger partial charge in [0.15, 0.2) is 0 Å². The molecule has 0 radical (unpaired) electrons. The molecule has 1 atom stereocenters. The second-order valence-electron chi connectivity index (χ2n) is 5.18. The van der Waals surface area contributed by atoms with Crippen LogP contribution in [0.4, 0.5) is 0 Å². The highest BCUT2D eigenvalue weighted by molar-refractivity contribution is 7.89. The topological polar surface area (TPSA) is 69.4 Å². The van der Waals surface area contributed by atoms with Crippen LogP contribution >= 0.6 is 0 Å². The Balaban J connectivity index is 2.01. The van der Waals surface area contributed by atoms with E-state index in [4.69, 9.17) is 9.88 Å². The number of primary sulfonamides is 1. The van der Waals surface area contributed by atoms with E-state index >= 15 is 0 Å². The van der Waals surface area contributed by atoms with Crippen molar-refractivity contribution in [1.29, 1.82) is 0 Å². The van der Waals surface area contributed by atoms with Crippen LogP contribution in [0.15, 0.2) is 30.3 Å². The van der Waals surface area contributed by atoms with Crippen LogP contribution in [-0.4, -0.2) is 26.9 Å². The van der Waals surface area contributed by atoms with E-state index in [-0.39, 0.29) is 17.8 Å². The second-order valence-corrected chi connectivity index (χ2v) is 6.84. The Morgan fingerprint density at radius 3 is 2.42 bits per heavy atom. The molecular weight excluding hydrogens is 262 g/mol. The predicted molar refractivity (Wildman–Crippen MR) is 75.4 cm³/mol. The molecule has 1 aromatic carbocycles. The minimum Gasteiger partial charge on any atom is -0.378 e. The zero-order valence-electron chi connectivity index (χ0n) is 11.0. The van der Waals surface area contributed by atoms with E-state index in [0.29, 0.717) is 6.61 Å². The summed E-state index contributed by atoms with van der Waals surface area (Å²) < 4.78 is 28.5. The first kappa shape index (κ1) is 14.5. The van der Waals surface area contributed by atoms with Crippen molar-refractivity contribution in [1.82, 2.24) is 0 Å². The minimum absolute atomic E-state index is 0.0657. The molecule has 1 saturated carbocycles. The maximum absolute atomic E-state index is 11.3. The first-order chi connectivity index (χ1) is 9.04. The fourth-order valence-electron chi connectivity index (χ4n) is 2.55. The zero-order chi connectivity index (χ0) is 13.7. The molecule has 2 rings (SSSR count). The molecule has 1 aromatic rings. The first-order valence-corrected chi connectivity index (χ1v) is 8.43. The number of hydrogen-bond acceptors (Lipinski definition) is 3. The second kappa shape index (κ2) is 6.50. The summed E-state index contributed by atoms with van der Waals surface area (Å²) in [4.78, 5) is 0. The molecule has 1 fully saturated rings. The van der Waals surface area contributed by atoms with Crippen LogP contribution in [-0.2, 0) is 14.8 Å². The van der Waals surface area contributed by atoms with Gasteiger partial charge in [-0.1, -0.05) is 43.2 Å². The van der Waals surface area contributed by atoms with Crippen molar-refractivity contribution < 1.29 is 13.2 Å². The fraction of sp³-hybridized carbons (Fsp3) is 0.571. The Morgan fingerprint density at radius 1 is 1.21 bits per heavy atom. The number of ether oxygens (including phenoxy) is 1. The number of nitrogens with two attached hydrogens (primary N) is 1. The van der Waals surface area contributed by atoms with E-state index in [1.807, 2.05) is 30.3 Å². The van der Waals surface area contributed by atoms with Crippen molar-refractivity contribution in [2.24, 2.45) is 5.14 Å². The highest BCUT2D eigenvalue weighted by atomic mass is 32.2. The quantitative estimate of drug-likeness (QED) is 0.868. The number of rotatable bonds is 6. The lowest BCUT2D eigenvalue weighted by Crippen LogP contribution is -2.26. The van der Waals surface area contributed by atoms with E-state index in [1.54, 1.807) is 0 Å². The third-order valence-electron chi connectivity index (χ3n) is 3.54. The Hall–Kier alpha value is -0.910. The third-order valence-corrected chi connectivity index (χ3v) is 4.41. The molecular formula is C14H21NO3S. The highest BCUT2D eigenvalue weighted by Gasteiger charge is 2.21. The van der Waals surface area contributed by atoms with Gasteiger partial charge in [-0.3, -0.25) is 0 Å². The molecule has 1 aliphatic rings. The van der Waals surface area contributed by atoms with Gasteiger partial charge in [0.05, 0.1) is 18.5 Å². The van der Waals surface area contributed by atoms with Crippen molar-refractivity contribution in [3.8, 4) is 0 Å². The Kier molecular flexibility index (Phi) is 4.96. The minimum atomic E-state index is -3.50. The van der Waals surface area contributed by atoms with Crippen LogP contribution < -0.4 is 5.14 Å². The summed E-state index contributed by atoms with van der Waals surface area (Å²) in [6, 6.07) is 9.57. The van der Waals surface area contributed by atoms with Crippen LogP contribution in [0.2, 0.25) is 0 Å². The van der Waals surface area contributed by atoms with Crippen molar-refractivity contribution >= 4 is 10.0 Å². The summed E-state index contributed by atoms with van der Waals surface area (Å²) in [5, 5.41) is 5.17. The van der Waals surface area contributed by atoms with Crippen molar-refractivity contribution in [2.45, 2.75) is 37.7 Å². The van der Waals surface area contributed by atoms with Gasteiger partial charge in [0.25, 0.3) is 0 Å². The Labute approximate surface area is 115 Å². The van der Waals surface area contributed by atoms with E-state index < -0.39 is 10.0 Å². The van der Waals surface area contributed by atoms with Crippen LogP contribution in [0.3, 0.4) is 0 Å². The predicted octanol–water partition coefficient (Wildman–Crippen LogP) is 2.02. The van der Waals surface area contributed by atoms with Crippen molar-refractivity contribution in [2.75, 3.05) is 12.4 Å². The maximum atomic E-state index is 11.3. The highest BCUT2D eigenvalue weighted by Crippen LogP contribution is 2.24. The summed E-state index contributed by atoms with van der Waals surface area (Å²) in [6.07, 6.45) is 4.85. The molecule has 5 heteroatoms. The van der Waals surface area contributed by atoms with E-state index in [1.165, 1.54) is 12.8 Å². The van der Waals surface area contributed by atoms with Gasteiger partial charge in [0, 0.05) is 5.92 Å². The number of hydrogen-bond donors (Lipinski definition) is 1. The van der Waals surface area contributed by atoms with Crippen LogP contribution in [0, 0.1) is 0 Å². The van der Waals surface area contributed by atoms with Gasteiger partial charge < -0.3 is 4.74 Å². The monoisotopic (exact) mass is 283 g/mol. The first-order valence-electron chi connectivity index (χ1n) is 6.71. The molecule has 0 amide bonds. The zero-order valence-corrected chi connectivity index (χ0v) is 11.8. The van der Waals surface area contributed by atoms with E-state index in [2.05, 4.69) is 0 Å². The van der Waals surface area contributed by atoms with Crippen LogP contribution in [0.5, 0.6) is 0 Å². The molecule has 1 unspecified atom stereocenters. The van der Waals surface area contributed by atoms with Gasteiger partial charge in [-0.05, 0) is 18.4 Å². The molecule has 0 saturated heterocycles. The van der Waals surface area contributed by atoms with Gasteiger partial charge >= 0.3 is 0 Å². The van der Waals surface area contributed by atoms with Crippen molar-refractivity contribution in [3.63, 3.8) is 0 Å². The van der Waals surface area contributed by atoms with E-state index in [0.717, 1.165) is 18.4 Å². The Bertz CT molecular complexity index is 481. The average molecular weight is 283 g/mol. The number of benzene rings is 1. The summed E-state index contributed by atoms with van der Waals surface area (Å²) in [5.74, 6) is -0.249. The normalized spacial score (nSPS) is 18.6. The Morgan fingerprint density at radius 2 is 1.84 bits per heavy atom.